The summed E-state index contributed by atoms with van der Waals surface area (Å²) in [5, 5.41) is 3.19. The summed E-state index contributed by atoms with van der Waals surface area (Å²) in [6.07, 6.45) is 2.59. The summed E-state index contributed by atoms with van der Waals surface area (Å²) in [5.41, 5.74) is 0. The van der Waals surface area contributed by atoms with Crippen molar-refractivity contribution >= 4 is 5.82 Å². The maximum atomic E-state index is 5.50. The third kappa shape index (κ3) is 4.93. The van der Waals surface area contributed by atoms with E-state index in [9.17, 15) is 0 Å². The molecule has 1 heterocycles. The Morgan fingerprint density at radius 1 is 1.38 bits per heavy atom. The molecular weight excluding hydrogens is 204 g/mol. The lowest BCUT2D eigenvalue weighted by Gasteiger charge is -2.10. The van der Waals surface area contributed by atoms with Crippen LogP contribution in [0, 0.1) is 0 Å². The van der Waals surface area contributed by atoms with Crippen LogP contribution in [0.25, 0.3) is 0 Å². The third-order valence-electron chi connectivity index (χ3n) is 1.99. The number of aromatic nitrogens is 2. The van der Waals surface area contributed by atoms with Crippen molar-refractivity contribution in [3.05, 3.63) is 12.4 Å². The quantitative estimate of drug-likeness (QED) is 0.755. The Balaban J connectivity index is 2.40. The van der Waals surface area contributed by atoms with Crippen molar-refractivity contribution in [2.45, 2.75) is 13.3 Å². The summed E-state index contributed by atoms with van der Waals surface area (Å²) in [6, 6.07) is 1.82. The summed E-state index contributed by atoms with van der Waals surface area (Å²) in [7, 11) is 4.02. The predicted molar refractivity (Wildman–Crippen MR) is 64.9 cm³/mol. The summed E-state index contributed by atoms with van der Waals surface area (Å²) < 4.78 is 5.50. The average Bonchev–Trinajstić information content (AvgIpc) is 2.26. The molecule has 5 nitrogen and oxygen atoms in total. The van der Waals surface area contributed by atoms with Gasteiger partial charge in [0.05, 0.1) is 0 Å². The van der Waals surface area contributed by atoms with Gasteiger partial charge in [-0.15, -0.1) is 0 Å². The molecule has 1 rings (SSSR count). The number of hydrogen-bond donors (Lipinski definition) is 1. The van der Waals surface area contributed by atoms with E-state index in [0.717, 1.165) is 25.3 Å². The van der Waals surface area contributed by atoms with E-state index in [1.165, 1.54) is 6.33 Å². The molecule has 1 N–H and O–H groups in total. The molecular formula is C11H20N4O. The minimum atomic E-state index is 0.621. The van der Waals surface area contributed by atoms with Gasteiger partial charge >= 0.3 is 0 Å². The Labute approximate surface area is 96.8 Å². The molecule has 1 aromatic rings. The van der Waals surface area contributed by atoms with Crippen LogP contribution in [-0.4, -0.2) is 48.7 Å². The zero-order chi connectivity index (χ0) is 11.8. The van der Waals surface area contributed by atoms with E-state index in [2.05, 4.69) is 27.1 Å². The molecule has 0 fully saturated rings. The van der Waals surface area contributed by atoms with Crippen LogP contribution in [0.15, 0.2) is 12.4 Å². The van der Waals surface area contributed by atoms with E-state index < -0.39 is 0 Å². The van der Waals surface area contributed by atoms with E-state index in [4.69, 9.17) is 4.74 Å². The molecule has 0 saturated heterocycles. The number of nitrogens with one attached hydrogen (secondary N) is 1. The zero-order valence-electron chi connectivity index (χ0n) is 10.2. The second-order valence-corrected chi connectivity index (χ2v) is 3.82. The van der Waals surface area contributed by atoms with Crippen LogP contribution >= 0.6 is 0 Å². The minimum absolute atomic E-state index is 0.621. The van der Waals surface area contributed by atoms with E-state index in [1.807, 2.05) is 20.2 Å². The van der Waals surface area contributed by atoms with Crippen LogP contribution in [0.4, 0.5) is 5.82 Å². The van der Waals surface area contributed by atoms with E-state index in [0.29, 0.717) is 12.5 Å². The smallest absolute Gasteiger partial charge is 0.218 e. The van der Waals surface area contributed by atoms with Crippen molar-refractivity contribution in [3.63, 3.8) is 0 Å². The van der Waals surface area contributed by atoms with Gasteiger partial charge < -0.3 is 15.0 Å². The lowest BCUT2D eigenvalue weighted by atomic mass is 10.4. The number of rotatable bonds is 7. The molecule has 0 unspecified atom stereocenters. The molecule has 0 aliphatic rings. The fraction of sp³-hybridized carbons (Fsp3) is 0.636. The third-order valence-corrected chi connectivity index (χ3v) is 1.99. The fourth-order valence-electron chi connectivity index (χ4n) is 1.10. The molecule has 90 valence electrons. The maximum Gasteiger partial charge on any atom is 0.218 e. The van der Waals surface area contributed by atoms with Crippen molar-refractivity contribution in [3.8, 4) is 5.88 Å². The van der Waals surface area contributed by atoms with Crippen LogP contribution in [-0.2, 0) is 0 Å². The van der Waals surface area contributed by atoms with Crippen LogP contribution in [0.2, 0.25) is 0 Å². The summed E-state index contributed by atoms with van der Waals surface area (Å²) in [6.45, 7) is 4.54. The van der Waals surface area contributed by atoms with Gasteiger partial charge in [0.1, 0.15) is 18.8 Å². The molecule has 0 amide bonds. The highest BCUT2D eigenvalue weighted by molar-refractivity contribution is 5.36. The SMILES string of the molecule is CCCNc1cc(OCCN(C)C)ncn1. The highest BCUT2D eigenvalue weighted by atomic mass is 16.5. The number of ether oxygens (including phenoxy) is 1. The summed E-state index contributed by atoms with van der Waals surface area (Å²) in [5.74, 6) is 1.44. The fourth-order valence-corrected chi connectivity index (χ4v) is 1.10. The number of nitrogens with zero attached hydrogens (tertiary/aromatic N) is 3. The Morgan fingerprint density at radius 3 is 2.88 bits per heavy atom. The first kappa shape index (κ1) is 12.7. The Morgan fingerprint density at radius 2 is 2.19 bits per heavy atom. The van der Waals surface area contributed by atoms with Gasteiger partial charge in [-0.25, -0.2) is 9.97 Å². The van der Waals surface area contributed by atoms with Crippen molar-refractivity contribution in [1.29, 1.82) is 0 Å². The van der Waals surface area contributed by atoms with Gasteiger partial charge in [-0.3, -0.25) is 0 Å². The summed E-state index contributed by atoms with van der Waals surface area (Å²) >= 11 is 0. The average molecular weight is 224 g/mol. The van der Waals surface area contributed by atoms with E-state index in [-0.39, 0.29) is 0 Å². The van der Waals surface area contributed by atoms with Gasteiger partial charge in [0.25, 0.3) is 0 Å². The molecule has 0 bridgehead atoms. The Bertz CT molecular complexity index is 304. The standard InChI is InChI=1S/C11H20N4O/c1-4-5-12-10-8-11(14-9-13-10)16-7-6-15(2)3/h8-9H,4-7H2,1-3H3,(H,12,13,14). The van der Waals surface area contributed by atoms with Gasteiger partial charge in [0.15, 0.2) is 0 Å². The van der Waals surface area contributed by atoms with Crippen LogP contribution in [0.3, 0.4) is 0 Å². The highest BCUT2D eigenvalue weighted by Crippen LogP contribution is 2.10. The van der Waals surface area contributed by atoms with Crippen LogP contribution in [0.5, 0.6) is 5.88 Å². The Hall–Kier alpha value is -1.36. The van der Waals surface area contributed by atoms with E-state index >= 15 is 0 Å². The lowest BCUT2D eigenvalue weighted by Crippen LogP contribution is -2.19. The molecule has 5 heteroatoms. The Kier molecular flexibility index (Phi) is 5.56. The van der Waals surface area contributed by atoms with Crippen molar-refractivity contribution < 1.29 is 4.74 Å². The molecule has 0 aromatic carbocycles. The van der Waals surface area contributed by atoms with Gasteiger partial charge in [-0.1, -0.05) is 6.92 Å². The van der Waals surface area contributed by atoms with Crippen LogP contribution < -0.4 is 10.1 Å². The van der Waals surface area contributed by atoms with E-state index in [1.54, 1.807) is 0 Å². The molecule has 0 saturated carbocycles. The number of hydrogen-bond acceptors (Lipinski definition) is 5. The van der Waals surface area contributed by atoms with Gasteiger partial charge in [0.2, 0.25) is 5.88 Å². The largest absolute Gasteiger partial charge is 0.476 e. The molecule has 0 aliphatic carbocycles. The molecule has 0 aliphatic heterocycles. The molecule has 0 radical (unpaired) electrons. The van der Waals surface area contributed by atoms with Crippen molar-refractivity contribution in [2.24, 2.45) is 0 Å². The van der Waals surface area contributed by atoms with Gasteiger partial charge in [-0.2, -0.15) is 0 Å². The number of likely N-dealkylation sites (N-methyl/N-ethyl adjacent to an activating group) is 1. The van der Waals surface area contributed by atoms with Gasteiger partial charge in [0, 0.05) is 19.2 Å². The van der Waals surface area contributed by atoms with Crippen molar-refractivity contribution in [2.75, 3.05) is 39.1 Å². The molecule has 0 spiro atoms. The zero-order valence-corrected chi connectivity index (χ0v) is 10.2. The summed E-state index contributed by atoms with van der Waals surface area (Å²) in [4.78, 5) is 10.2. The first-order chi connectivity index (χ1) is 7.72. The molecule has 1 aromatic heterocycles. The maximum absolute atomic E-state index is 5.50. The van der Waals surface area contributed by atoms with Crippen LogP contribution in [0.1, 0.15) is 13.3 Å². The second kappa shape index (κ2) is 7.00. The molecule has 0 atom stereocenters. The predicted octanol–water partition coefficient (Wildman–Crippen LogP) is 1.24. The second-order valence-electron chi connectivity index (χ2n) is 3.82. The minimum Gasteiger partial charge on any atom is -0.476 e. The monoisotopic (exact) mass is 224 g/mol. The number of anilines is 1. The first-order valence-electron chi connectivity index (χ1n) is 5.56. The first-order valence-corrected chi connectivity index (χ1v) is 5.56. The molecule has 16 heavy (non-hydrogen) atoms. The normalized spacial score (nSPS) is 10.5. The highest BCUT2D eigenvalue weighted by Gasteiger charge is 1.99. The van der Waals surface area contributed by atoms with Gasteiger partial charge in [-0.05, 0) is 20.5 Å². The topological polar surface area (TPSA) is 50.3 Å². The van der Waals surface area contributed by atoms with Crippen molar-refractivity contribution in [1.82, 2.24) is 14.9 Å². The lowest BCUT2D eigenvalue weighted by molar-refractivity contribution is 0.253.